The van der Waals surface area contributed by atoms with E-state index in [-0.39, 0.29) is 6.61 Å². The molecule has 4 nitrogen and oxygen atoms in total. The Morgan fingerprint density at radius 3 is 3.00 bits per heavy atom. The van der Waals surface area contributed by atoms with E-state index in [1.165, 1.54) is 0 Å². The second-order valence-corrected chi connectivity index (χ2v) is 3.50. The minimum absolute atomic E-state index is 0.264. The number of hydrogen-bond acceptors (Lipinski definition) is 3. The Labute approximate surface area is 84.9 Å². The van der Waals surface area contributed by atoms with E-state index in [1.807, 2.05) is 17.1 Å². The van der Waals surface area contributed by atoms with Crippen LogP contribution in [-0.2, 0) is 6.54 Å². The number of anilines is 1. The molecule has 4 heteroatoms. The second kappa shape index (κ2) is 5.65. The van der Waals surface area contributed by atoms with Gasteiger partial charge in [-0.1, -0.05) is 0 Å². The lowest BCUT2D eigenvalue weighted by molar-refractivity contribution is 0.282. The van der Waals surface area contributed by atoms with Crippen LogP contribution >= 0.6 is 0 Å². The molecule has 0 aliphatic rings. The fraction of sp³-hybridized carbons (Fsp3) is 0.700. The summed E-state index contributed by atoms with van der Waals surface area (Å²) in [6.07, 6.45) is 5.65. The summed E-state index contributed by atoms with van der Waals surface area (Å²) in [4.78, 5) is 0. The van der Waals surface area contributed by atoms with E-state index in [9.17, 15) is 0 Å². The third-order valence-corrected chi connectivity index (χ3v) is 2.17. The molecule has 1 heterocycles. The molecule has 0 saturated carbocycles. The second-order valence-electron chi connectivity index (χ2n) is 3.50. The van der Waals surface area contributed by atoms with E-state index < -0.39 is 0 Å². The number of rotatable bonds is 6. The van der Waals surface area contributed by atoms with Crippen molar-refractivity contribution in [1.29, 1.82) is 0 Å². The molecule has 0 fully saturated rings. The number of aliphatic hydroxyl groups excluding tert-OH is 1. The van der Waals surface area contributed by atoms with Crippen LogP contribution in [0.5, 0.6) is 0 Å². The molecule has 0 amide bonds. The molecule has 80 valence electrons. The zero-order valence-electron chi connectivity index (χ0n) is 8.90. The minimum atomic E-state index is 0.264. The van der Waals surface area contributed by atoms with Crippen molar-refractivity contribution in [2.45, 2.75) is 39.3 Å². The molecule has 0 aliphatic carbocycles. The highest BCUT2D eigenvalue weighted by atomic mass is 16.2. The quantitative estimate of drug-likeness (QED) is 0.726. The van der Waals surface area contributed by atoms with E-state index in [0.29, 0.717) is 6.04 Å². The van der Waals surface area contributed by atoms with Crippen LogP contribution < -0.4 is 5.32 Å². The Bertz CT molecular complexity index is 260. The molecule has 2 N–H and O–H groups in total. The molecule has 0 bridgehead atoms. The lowest BCUT2D eigenvalue weighted by atomic mass is 10.2. The first-order valence-corrected chi connectivity index (χ1v) is 5.16. The first kappa shape index (κ1) is 11.0. The maximum Gasteiger partial charge on any atom is 0.0728 e. The zero-order valence-corrected chi connectivity index (χ0v) is 8.90. The molecule has 0 aromatic carbocycles. The summed E-state index contributed by atoms with van der Waals surface area (Å²) in [7, 11) is 0. The molecule has 1 atom stereocenters. The van der Waals surface area contributed by atoms with Gasteiger partial charge < -0.3 is 10.4 Å². The van der Waals surface area contributed by atoms with Gasteiger partial charge in [0.05, 0.1) is 11.9 Å². The van der Waals surface area contributed by atoms with Crippen molar-refractivity contribution < 1.29 is 5.11 Å². The third kappa shape index (κ3) is 3.38. The Hall–Kier alpha value is -1.03. The standard InChI is InChI=1S/C10H19N3O/c1-3-13-8-10(7-11-13)12-9(2)5-4-6-14/h7-9,12,14H,3-6H2,1-2H3. The van der Waals surface area contributed by atoms with Crippen LogP contribution in [0.3, 0.4) is 0 Å². The van der Waals surface area contributed by atoms with E-state index in [2.05, 4.69) is 24.3 Å². The molecule has 1 unspecified atom stereocenters. The molecule has 1 aromatic heterocycles. The molecule has 0 saturated heterocycles. The van der Waals surface area contributed by atoms with Crippen molar-refractivity contribution in [2.24, 2.45) is 0 Å². The van der Waals surface area contributed by atoms with Crippen LogP contribution in [0.1, 0.15) is 26.7 Å². The monoisotopic (exact) mass is 197 g/mol. The summed E-state index contributed by atoms with van der Waals surface area (Å²) in [5, 5.41) is 16.2. The van der Waals surface area contributed by atoms with E-state index >= 15 is 0 Å². The number of aromatic nitrogens is 2. The van der Waals surface area contributed by atoms with E-state index in [0.717, 1.165) is 25.1 Å². The SMILES string of the molecule is CCn1cc(NC(C)CCCO)cn1. The first-order valence-electron chi connectivity index (χ1n) is 5.16. The van der Waals surface area contributed by atoms with Gasteiger partial charge in [-0.05, 0) is 26.7 Å². The highest BCUT2D eigenvalue weighted by Crippen LogP contribution is 2.09. The number of aryl methyl sites for hydroxylation is 1. The summed E-state index contributed by atoms with van der Waals surface area (Å²) in [5.41, 5.74) is 1.05. The molecule has 1 rings (SSSR count). The van der Waals surface area contributed by atoms with Crippen LogP contribution in [0.4, 0.5) is 5.69 Å². The highest BCUT2D eigenvalue weighted by Gasteiger charge is 2.02. The van der Waals surface area contributed by atoms with Gasteiger partial charge in [-0.15, -0.1) is 0 Å². The number of aliphatic hydroxyl groups is 1. The molecular formula is C10H19N3O. The molecule has 1 aromatic rings. The lowest BCUT2D eigenvalue weighted by Gasteiger charge is -2.12. The van der Waals surface area contributed by atoms with Crippen molar-refractivity contribution in [3.05, 3.63) is 12.4 Å². The number of nitrogens with zero attached hydrogens (tertiary/aromatic N) is 2. The first-order chi connectivity index (χ1) is 6.76. The fourth-order valence-electron chi connectivity index (χ4n) is 1.37. The van der Waals surface area contributed by atoms with Crippen LogP contribution in [0.2, 0.25) is 0 Å². The maximum absolute atomic E-state index is 8.68. The van der Waals surface area contributed by atoms with Crippen molar-refractivity contribution >= 4 is 5.69 Å². The Morgan fingerprint density at radius 1 is 1.64 bits per heavy atom. The number of hydrogen-bond donors (Lipinski definition) is 2. The van der Waals surface area contributed by atoms with Crippen molar-refractivity contribution in [3.63, 3.8) is 0 Å². The predicted molar refractivity (Wildman–Crippen MR) is 57.3 cm³/mol. The number of nitrogens with one attached hydrogen (secondary N) is 1. The smallest absolute Gasteiger partial charge is 0.0728 e. The van der Waals surface area contributed by atoms with Gasteiger partial charge in [0.1, 0.15) is 0 Å². The van der Waals surface area contributed by atoms with Gasteiger partial charge in [-0.25, -0.2) is 0 Å². The van der Waals surface area contributed by atoms with Crippen molar-refractivity contribution in [2.75, 3.05) is 11.9 Å². The van der Waals surface area contributed by atoms with Crippen LogP contribution in [0.25, 0.3) is 0 Å². The average Bonchev–Trinajstić information content (AvgIpc) is 2.62. The van der Waals surface area contributed by atoms with Crippen molar-refractivity contribution in [3.8, 4) is 0 Å². The van der Waals surface area contributed by atoms with Gasteiger partial charge in [0.15, 0.2) is 0 Å². The summed E-state index contributed by atoms with van der Waals surface area (Å²) in [6.45, 7) is 5.33. The summed E-state index contributed by atoms with van der Waals surface area (Å²) in [5.74, 6) is 0. The topological polar surface area (TPSA) is 50.1 Å². The van der Waals surface area contributed by atoms with Crippen LogP contribution in [0, 0.1) is 0 Å². The third-order valence-electron chi connectivity index (χ3n) is 2.17. The average molecular weight is 197 g/mol. The van der Waals surface area contributed by atoms with Crippen LogP contribution in [0.15, 0.2) is 12.4 Å². The van der Waals surface area contributed by atoms with Gasteiger partial charge in [0.25, 0.3) is 0 Å². The van der Waals surface area contributed by atoms with E-state index in [1.54, 1.807) is 0 Å². The fourth-order valence-corrected chi connectivity index (χ4v) is 1.37. The zero-order chi connectivity index (χ0) is 10.4. The minimum Gasteiger partial charge on any atom is -0.396 e. The maximum atomic E-state index is 8.68. The van der Waals surface area contributed by atoms with Gasteiger partial charge in [-0.2, -0.15) is 5.10 Å². The van der Waals surface area contributed by atoms with E-state index in [4.69, 9.17) is 5.11 Å². The molecule has 14 heavy (non-hydrogen) atoms. The van der Waals surface area contributed by atoms with Crippen LogP contribution in [-0.4, -0.2) is 27.5 Å². The Balaban J connectivity index is 2.35. The van der Waals surface area contributed by atoms with Gasteiger partial charge >= 0.3 is 0 Å². The van der Waals surface area contributed by atoms with Crippen molar-refractivity contribution in [1.82, 2.24) is 9.78 Å². The molecule has 0 spiro atoms. The van der Waals surface area contributed by atoms with Gasteiger partial charge in [0, 0.05) is 25.4 Å². The summed E-state index contributed by atoms with van der Waals surface area (Å²) in [6, 6.07) is 0.386. The predicted octanol–water partition coefficient (Wildman–Crippen LogP) is 1.48. The van der Waals surface area contributed by atoms with Gasteiger partial charge in [0.2, 0.25) is 0 Å². The summed E-state index contributed by atoms with van der Waals surface area (Å²) >= 11 is 0. The Kier molecular flexibility index (Phi) is 4.46. The Morgan fingerprint density at radius 2 is 2.43 bits per heavy atom. The molecular weight excluding hydrogens is 178 g/mol. The normalized spacial score (nSPS) is 12.8. The molecule has 0 radical (unpaired) electrons. The highest BCUT2D eigenvalue weighted by molar-refractivity contribution is 5.38. The summed E-state index contributed by atoms with van der Waals surface area (Å²) < 4.78 is 1.89. The molecule has 0 aliphatic heterocycles. The lowest BCUT2D eigenvalue weighted by Crippen LogP contribution is -2.14. The van der Waals surface area contributed by atoms with Gasteiger partial charge in [-0.3, -0.25) is 4.68 Å². The largest absolute Gasteiger partial charge is 0.396 e.